The number of thiocarbonyl (C=S) groups is 1. The van der Waals surface area contributed by atoms with E-state index in [1.165, 1.54) is 22.2 Å². The molecule has 0 bridgehead atoms. The van der Waals surface area contributed by atoms with Crippen LogP contribution in [-0.4, -0.2) is 22.2 Å². The molecule has 1 amide bonds. The van der Waals surface area contributed by atoms with Crippen molar-refractivity contribution in [2.75, 3.05) is 7.05 Å². The molecule has 3 rings (SSSR count). The van der Waals surface area contributed by atoms with Crippen LogP contribution in [-0.2, 0) is 11.4 Å². The Balaban J connectivity index is 1.64. The van der Waals surface area contributed by atoms with Crippen LogP contribution >= 0.6 is 24.0 Å². The van der Waals surface area contributed by atoms with E-state index in [0.717, 1.165) is 16.9 Å². The normalized spacial score (nSPS) is 16.1. The van der Waals surface area contributed by atoms with Gasteiger partial charge in [-0.1, -0.05) is 65.9 Å². The Bertz CT molecular complexity index is 795. The lowest BCUT2D eigenvalue weighted by Crippen LogP contribution is -2.22. The molecule has 1 heterocycles. The number of likely N-dealkylation sites (N-methyl/N-ethyl adjacent to an activating group) is 1. The van der Waals surface area contributed by atoms with Crippen LogP contribution in [0.5, 0.6) is 5.75 Å². The summed E-state index contributed by atoms with van der Waals surface area (Å²) in [5.74, 6) is 0.750. The van der Waals surface area contributed by atoms with E-state index in [4.69, 9.17) is 17.0 Å². The van der Waals surface area contributed by atoms with Crippen LogP contribution in [0.3, 0.4) is 0 Å². The van der Waals surface area contributed by atoms with E-state index in [9.17, 15) is 4.79 Å². The molecule has 122 valence electrons. The fraction of sp³-hybridized carbons (Fsp3) is 0.158. The number of hydrogen-bond acceptors (Lipinski definition) is 4. The summed E-state index contributed by atoms with van der Waals surface area (Å²) in [7, 11) is 1.69. The van der Waals surface area contributed by atoms with Gasteiger partial charge >= 0.3 is 0 Å². The van der Waals surface area contributed by atoms with Crippen LogP contribution in [0.1, 0.15) is 16.7 Å². The Morgan fingerprint density at radius 3 is 2.38 bits per heavy atom. The number of carbonyl (C=O) groups excluding carboxylic acids is 1. The molecule has 2 aromatic carbocycles. The van der Waals surface area contributed by atoms with Crippen LogP contribution in [0, 0.1) is 6.92 Å². The van der Waals surface area contributed by atoms with Gasteiger partial charge in [0.15, 0.2) is 0 Å². The zero-order valence-corrected chi connectivity index (χ0v) is 15.1. The lowest BCUT2D eigenvalue weighted by atomic mass is 10.1. The Morgan fingerprint density at radius 1 is 1.12 bits per heavy atom. The second-order valence-corrected chi connectivity index (χ2v) is 7.26. The van der Waals surface area contributed by atoms with Crippen molar-refractivity contribution < 1.29 is 9.53 Å². The van der Waals surface area contributed by atoms with E-state index in [-0.39, 0.29) is 5.91 Å². The molecule has 1 aliphatic heterocycles. The molecule has 1 saturated heterocycles. The lowest BCUT2D eigenvalue weighted by molar-refractivity contribution is -0.121. The van der Waals surface area contributed by atoms with E-state index in [1.807, 2.05) is 30.3 Å². The summed E-state index contributed by atoms with van der Waals surface area (Å²) in [4.78, 5) is 14.1. The van der Waals surface area contributed by atoms with E-state index < -0.39 is 0 Å². The SMILES string of the molecule is Cc1ccc(COc2ccc(C=C3SC(=S)N(C)C3=O)cc2)cc1. The van der Waals surface area contributed by atoms with Crippen molar-refractivity contribution in [3.8, 4) is 5.75 Å². The number of carbonyl (C=O) groups is 1. The monoisotopic (exact) mass is 355 g/mol. The Hall–Kier alpha value is -2.11. The molecule has 0 aromatic heterocycles. The third kappa shape index (κ3) is 3.86. The fourth-order valence-corrected chi connectivity index (χ4v) is 3.39. The van der Waals surface area contributed by atoms with Gasteiger partial charge in [-0.15, -0.1) is 0 Å². The highest BCUT2D eigenvalue weighted by atomic mass is 32.2. The van der Waals surface area contributed by atoms with Crippen molar-refractivity contribution in [2.45, 2.75) is 13.5 Å². The van der Waals surface area contributed by atoms with Gasteiger partial charge in [0.25, 0.3) is 5.91 Å². The number of amides is 1. The van der Waals surface area contributed by atoms with Gasteiger partial charge in [-0.2, -0.15) is 0 Å². The molecule has 0 radical (unpaired) electrons. The van der Waals surface area contributed by atoms with Gasteiger partial charge in [-0.3, -0.25) is 9.69 Å². The maximum absolute atomic E-state index is 12.0. The fourth-order valence-electron chi connectivity index (χ4n) is 2.21. The first-order valence-electron chi connectivity index (χ1n) is 7.53. The highest BCUT2D eigenvalue weighted by Crippen LogP contribution is 2.31. The zero-order valence-electron chi connectivity index (χ0n) is 13.5. The lowest BCUT2D eigenvalue weighted by Gasteiger charge is -2.07. The maximum Gasteiger partial charge on any atom is 0.265 e. The summed E-state index contributed by atoms with van der Waals surface area (Å²) < 4.78 is 6.38. The first-order valence-corrected chi connectivity index (χ1v) is 8.75. The van der Waals surface area contributed by atoms with Gasteiger partial charge in [0, 0.05) is 7.05 Å². The minimum absolute atomic E-state index is 0.0512. The van der Waals surface area contributed by atoms with Crippen molar-refractivity contribution in [3.63, 3.8) is 0 Å². The van der Waals surface area contributed by atoms with Crippen LogP contribution in [0.4, 0.5) is 0 Å². The molecule has 3 nitrogen and oxygen atoms in total. The van der Waals surface area contributed by atoms with E-state index >= 15 is 0 Å². The number of hydrogen-bond donors (Lipinski definition) is 0. The van der Waals surface area contributed by atoms with Gasteiger partial charge in [0.2, 0.25) is 0 Å². The molecule has 0 N–H and O–H groups in total. The van der Waals surface area contributed by atoms with Crippen LogP contribution in [0.25, 0.3) is 6.08 Å². The van der Waals surface area contributed by atoms with Gasteiger partial charge in [0.05, 0.1) is 4.91 Å². The Kier molecular flexibility index (Phi) is 5.02. The highest BCUT2D eigenvalue weighted by molar-refractivity contribution is 8.26. The van der Waals surface area contributed by atoms with E-state index in [1.54, 1.807) is 7.05 Å². The minimum Gasteiger partial charge on any atom is -0.489 e. The van der Waals surface area contributed by atoms with Gasteiger partial charge in [-0.25, -0.2) is 0 Å². The number of benzene rings is 2. The second kappa shape index (κ2) is 7.20. The third-order valence-electron chi connectivity index (χ3n) is 3.69. The molecule has 0 atom stereocenters. The van der Waals surface area contributed by atoms with Crippen molar-refractivity contribution in [1.29, 1.82) is 0 Å². The smallest absolute Gasteiger partial charge is 0.265 e. The molecule has 2 aromatic rings. The molecule has 1 fully saturated rings. The van der Waals surface area contributed by atoms with Crippen molar-refractivity contribution in [3.05, 3.63) is 70.1 Å². The number of thioether (sulfide) groups is 1. The molecule has 0 aliphatic carbocycles. The minimum atomic E-state index is -0.0512. The standard InChI is InChI=1S/C19H17NO2S2/c1-13-3-5-15(6-4-13)12-22-16-9-7-14(8-10-16)11-17-18(21)20(2)19(23)24-17/h3-11H,12H2,1-2H3. The summed E-state index contributed by atoms with van der Waals surface area (Å²) >= 11 is 6.46. The molecular formula is C19H17NO2S2. The van der Waals surface area contributed by atoms with E-state index in [0.29, 0.717) is 15.8 Å². The average Bonchev–Trinajstić information content (AvgIpc) is 2.83. The Morgan fingerprint density at radius 2 is 1.79 bits per heavy atom. The zero-order chi connectivity index (χ0) is 17.1. The van der Waals surface area contributed by atoms with Crippen molar-refractivity contribution in [1.82, 2.24) is 4.90 Å². The van der Waals surface area contributed by atoms with Crippen molar-refractivity contribution in [2.24, 2.45) is 0 Å². The Labute approximate surface area is 151 Å². The largest absolute Gasteiger partial charge is 0.489 e. The summed E-state index contributed by atoms with van der Waals surface area (Å²) in [6.45, 7) is 2.60. The number of aryl methyl sites for hydroxylation is 1. The van der Waals surface area contributed by atoms with Crippen LogP contribution < -0.4 is 4.74 Å². The van der Waals surface area contributed by atoms with Gasteiger partial charge in [0.1, 0.15) is 16.7 Å². The first kappa shape index (κ1) is 16.7. The van der Waals surface area contributed by atoms with E-state index in [2.05, 4.69) is 31.2 Å². The van der Waals surface area contributed by atoms with Crippen molar-refractivity contribution >= 4 is 40.3 Å². The molecule has 24 heavy (non-hydrogen) atoms. The predicted molar refractivity (Wildman–Crippen MR) is 103 cm³/mol. The number of ether oxygens (including phenoxy) is 1. The first-order chi connectivity index (χ1) is 11.5. The quantitative estimate of drug-likeness (QED) is 0.600. The van der Waals surface area contributed by atoms with Crippen LogP contribution in [0.2, 0.25) is 0 Å². The molecule has 5 heteroatoms. The van der Waals surface area contributed by atoms with Crippen LogP contribution in [0.15, 0.2) is 53.4 Å². The predicted octanol–water partition coefficient (Wildman–Crippen LogP) is 4.41. The topological polar surface area (TPSA) is 29.5 Å². The highest BCUT2D eigenvalue weighted by Gasteiger charge is 2.28. The maximum atomic E-state index is 12.0. The van der Waals surface area contributed by atoms with Gasteiger partial charge < -0.3 is 4.74 Å². The number of rotatable bonds is 4. The number of nitrogens with zero attached hydrogens (tertiary/aromatic N) is 1. The molecule has 0 unspecified atom stereocenters. The second-order valence-electron chi connectivity index (χ2n) is 5.58. The van der Waals surface area contributed by atoms with Gasteiger partial charge in [-0.05, 0) is 36.3 Å². The molecule has 0 spiro atoms. The molecule has 0 saturated carbocycles. The molecule has 1 aliphatic rings. The summed E-state index contributed by atoms with van der Waals surface area (Å²) in [5.41, 5.74) is 3.32. The third-order valence-corrected chi connectivity index (χ3v) is 5.18. The summed E-state index contributed by atoms with van der Waals surface area (Å²) in [5, 5.41) is 0. The summed E-state index contributed by atoms with van der Waals surface area (Å²) in [6.07, 6.45) is 1.85. The summed E-state index contributed by atoms with van der Waals surface area (Å²) in [6, 6.07) is 16.0. The average molecular weight is 355 g/mol. The molecular weight excluding hydrogens is 338 g/mol.